The lowest BCUT2D eigenvalue weighted by molar-refractivity contribution is -0.137. The molecule has 0 spiro atoms. The fourth-order valence-corrected chi connectivity index (χ4v) is 2.92. The maximum absolute atomic E-state index is 12.5. The minimum Gasteiger partial charge on any atom is -0.493 e. The summed E-state index contributed by atoms with van der Waals surface area (Å²) in [6.45, 7) is 1.78. The molecule has 0 aliphatic carbocycles. The summed E-state index contributed by atoms with van der Waals surface area (Å²) in [7, 11) is 1.37. The van der Waals surface area contributed by atoms with Crippen LogP contribution in [-0.2, 0) is 9.53 Å². The highest BCUT2D eigenvalue weighted by atomic mass is 35.5. The van der Waals surface area contributed by atoms with Crippen molar-refractivity contribution in [2.45, 2.75) is 6.92 Å². The molecule has 0 atom stereocenters. The molecule has 150 valence electrons. The van der Waals surface area contributed by atoms with E-state index >= 15 is 0 Å². The molecule has 2 aromatic rings. The number of carbonyl (C=O) groups is 2. The number of carbonyl (C=O) groups excluding carboxylic acids is 2. The molecular weight excluding hydrogens is 441 g/mol. The highest BCUT2D eigenvalue weighted by Crippen LogP contribution is 2.34. The number of halogens is 3. The summed E-state index contributed by atoms with van der Waals surface area (Å²) in [5, 5.41) is 9.33. The third-order valence-electron chi connectivity index (χ3n) is 3.57. The van der Waals surface area contributed by atoms with Crippen molar-refractivity contribution in [1.82, 2.24) is 0 Å². The van der Waals surface area contributed by atoms with E-state index in [4.69, 9.17) is 54.3 Å². The maximum Gasteiger partial charge on any atom is 0.348 e. The molecule has 2 aromatic carbocycles. The molecule has 0 aromatic heterocycles. The van der Waals surface area contributed by atoms with Crippen molar-refractivity contribution in [1.29, 1.82) is 5.26 Å². The summed E-state index contributed by atoms with van der Waals surface area (Å²) in [4.78, 5) is 24.3. The van der Waals surface area contributed by atoms with E-state index in [0.29, 0.717) is 5.56 Å². The van der Waals surface area contributed by atoms with Crippen LogP contribution in [0.3, 0.4) is 0 Å². The van der Waals surface area contributed by atoms with Crippen LogP contribution in [0.2, 0.25) is 15.1 Å². The smallest absolute Gasteiger partial charge is 0.348 e. The van der Waals surface area contributed by atoms with E-state index in [1.54, 1.807) is 13.0 Å². The third-order valence-corrected chi connectivity index (χ3v) is 4.68. The first kappa shape index (κ1) is 22.6. The van der Waals surface area contributed by atoms with Crippen LogP contribution < -0.4 is 9.47 Å². The zero-order chi connectivity index (χ0) is 21.6. The lowest BCUT2D eigenvalue weighted by atomic mass is 10.1. The number of methoxy groups -OCH3 is 1. The number of nitrogens with zero attached hydrogens (tertiary/aromatic N) is 1. The van der Waals surface area contributed by atoms with Gasteiger partial charge in [0, 0.05) is 0 Å². The highest BCUT2D eigenvalue weighted by Gasteiger charge is 2.21. The summed E-state index contributed by atoms with van der Waals surface area (Å²) in [6.07, 6.45) is 1.33. The Morgan fingerprint density at radius 2 is 1.79 bits per heavy atom. The molecule has 0 fully saturated rings. The maximum atomic E-state index is 12.5. The molecule has 0 amide bonds. The molecule has 0 saturated carbocycles. The number of benzene rings is 2. The minimum absolute atomic E-state index is 0.0317. The van der Waals surface area contributed by atoms with Gasteiger partial charge in [-0.3, -0.25) is 0 Å². The fourth-order valence-electron chi connectivity index (χ4n) is 2.24. The van der Waals surface area contributed by atoms with Gasteiger partial charge < -0.3 is 14.2 Å². The molecule has 0 heterocycles. The highest BCUT2D eigenvalue weighted by molar-refractivity contribution is 6.46. The van der Waals surface area contributed by atoms with Gasteiger partial charge in [-0.15, -0.1) is 0 Å². The standard InChI is InChI=1S/C20H14Cl3NO5/c1-3-28-19(25)12(10-24)8-11-4-7-15(16(9-11)27-2)29-20(26)17-13(21)5-6-14(22)18(17)23/h4-9H,3H2,1-2H3/b12-8+. The number of hydrogen-bond donors (Lipinski definition) is 0. The molecule has 2 rings (SSSR count). The van der Waals surface area contributed by atoms with Crippen LogP contribution in [-0.4, -0.2) is 25.7 Å². The van der Waals surface area contributed by atoms with Gasteiger partial charge in [0.2, 0.25) is 0 Å². The Balaban J connectivity index is 2.35. The summed E-state index contributed by atoms with van der Waals surface area (Å²) in [5.74, 6) is -1.30. The van der Waals surface area contributed by atoms with Crippen LogP contribution in [0.1, 0.15) is 22.8 Å². The second kappa shape index (κ2) is 10.2. The Bertz CT molecular complexity index is 1030. The van der Waals surface area contributed by atoms with Gasteiger partial charge in [-0.25, -0.2) is 9.59 Å². The zero-order valence-corrected chi connectivity index (χ0v) is 17.6. The predicted molar refractivity (Wildman–Crippen MR) is 110 cm³/mol. The number of ether oxygens (including phenoxy) is 3. The van der Waals surface area contributed by atoms with E-state index in [1.807, 2.05) is 0 Å². The molecule has 9 heteroatoms. The van der Waals surface area contributed by atoms with E-state index in [9.17, 15) is 9.59 Å². The van der Waals surface area contributed by atoms with E-state index < -0.39 is 11.9 Å². The number of nitriles is 1. The Morgan fingerprint density at radius 3 is 2.41 bits per heavy atom. The summed E-state index contributed by atoms with van der Waals surface area (Å²) < 4.78 is 15.4. The van der Waals surface area contributed by atoms with Crippen LogP contribution in [0.4, 0.5) is 0 Å². The Kier molecular flexibility index (Phi) is 7.91. The van der Waals surface area contributed by atoms with Crippen LogP contribution >= 0.6 is 34.8 Å². The van der Waals surface area contributed by atoms with Gasteiger partial charge in [0.15, 0.2) is 11.5 Å². The van der Waals surface area contributed by atoms with Gasteiger partial charge in [0.05, 0.1) is 34.3 Å². The van der Waals surface area contributed by atoms with Crippen molar-refractivity contribution in [2.24, 2.45) is 0 Å². The quantitative estimate of drug-likeness (QED) is 0.192. The van der Waals surface area contributed by atoms with E-state index in [0.717, 1.165) is 0 Å². The fraction of sp³-hybridized carbons (Fsp3) is 0.150. The van der Waals surface area contributed by atoms with Gasteiger partial charge in [0.1, 0.15) is 11.6 Å². The first-order valence-electron chi connectivity index (χ1n) is 8.15. The number of hydrogen-bond acceptors (Lipinski definition) is 6. The molecule has 0 aliphatic rings. The van der Waals surface area contributed by atoms with Crippen molar-refractivity contribution < 1.29 is 23.8 Å². The van der Waals surface area contributed by atoms with Crippen molar-refractivity contribution in [3.8, 4) is 17.6 Å². The SMILES string of the molecule is CCOC(=O)/C(C#N)=C/c1ccc(OC(=O)c2c(Cl)ccc(Cl)c2Cl)c(OC)c1. The lowest BCUT2D eigenvalue weighted by Crippen LogP contribution is -2.11. The Labute approximate surface area is 182 Å². The molecule has 0 saturated heterocycles. The van der Waals surface area contributed by atoms with Crippen molar-refractivity contribution in [3.63, 3.8) is 0 Å². The van der Waals surface area contributed by atoms with Gasteiger partial charge in [-0.05, 0) is 42.8 Å². The Hall–Kier alpha value is -2.72. The van der Waals surface area contributed by atoms with Gasteiger partial charge in [-0.2, -0.15) is 5.26 Å². The molecule has 0 aliphatic heterocycles. The average Bonchev–Trinajstić information content (AvgIpc) is 2.70. The van der Waals surface area contributed by atoms with Crippen LogP contribution in [0, 0.1) is 11.3 Å². The summed E-state index contributed by atoms with van der Waals surface area (Å²) >= 11 is 18.0. The van der Waals surface area contributed by atoms with Crippen molar-refractivity contribution in [2.75, 3.05) is 13.7 Å². The molecule has 6 nitrogen and oxygen atoms in total. The average molecular weight is 455 g/mol. The first-order valence-corrected chi connectivity index (χ1v) is 9.28. The second-order valence-corrected chi connectivity index (χ2v) is 6.60. The third kappa shape index (κ3) is 5.42. The second-order valence-electron chi connectivity index (χ2n) is 5.41. The zero-order valence-electron chi connectivity index (χ0n) is 15.3. The summed E-state index contributed by atoms with van der Waals surface area (Å²) in [5.41, 5.74) is 0.196. The van der Waals surface area contributed by atoms with Gasteiger partial charge in [0.25, 0.3) is 0 Å². The lowest BCUT2D eigenvalue weighted by Gasteiger charge is -2.12. The molecule has 0 unspecified atom stereocenters. The largest absolute Gasteiger partial charge is 0.493 e. The minimum atomic E-state index is -0.826. The molecule has 0 radical (unpaired) electrons. The predicted octanol–water partition coefficient (Wildman–Crippen LogP) is 5.34. The molecule has 0 N–H and O–H groups in total. The van der Waals surface area contributed by atoms with Crippen LogP contribution in [0.5, 0.6) is 11.5 Å². The van der Waals surface area contributed by atoms with E-state index in [1.165, 1.54) is 43.5 Å². The number of rotatable bonds is 6. The van der Waals surface area contributed by atoms with Crippen molar-refractivity contribution in [3.05, 3.63) is 62.1 Å². The summed E-state index contributed by atoms with van der Waals surface area (Å²) in [6, 6.07) is 9.12. The van der Waals surface area contributed by atoms with E-state index in [-0.39, 0.29) is 44.3 Å². The normalized spacial score (nSPS) is 10.8. The molecule has 0 bridgehead atoms. The number of esters is 2. The van der Waals surface area contributed by atoms with Crippen LogP contribution in [0.15, 0.2) is 35.9 Å². The van der Waals surface area contributed by atoms with Crippen molar-refractivity contribution >= 4 is 52.8 Å². The van der Waals surface area contributed by atoms with E-state index in [2.05, 4.69) is 0 Å². The Morgan fingerprint density at radius 1 is 1.10 bits per heavy atom. The van der Waals surface area contributed by atoms with Gasteiger partial charge >= 0.3 is 11.9 Å². The molecule has 29 heavy (non-hydrogen) atoms. The molecular formula is C20H14Cl3NO5. The monoisotopic (exact) mass is 453 g/mol. The topological polar surface area (TPSA) is 85.6 Å². The first-order chi connectivity index (χ1) is 13.8. The van der Waals surface area contributed by atoms with Gasteiger partial charge in [-0.1, -0.05) is 40.9 Å². The van der Waals surface area contributed by atoms with Crippen LogP contribution in [0.25, 0.3) is 6.08 Å².